The van der Waals surface area contributed by atoms with Crippen molar-refractivity contribution in [3.63, 3.8) is 0 Å². The molecule has 1 fully saturated rings. The summed E-state index contributed by atoms with van der Waals surface area (Å²) < 4.78 is 4.85. The predicted octanol–water partition coefficient (Wildman–Crippen LogP) is 2.79. The first-order chi connectivity index (χ1) is 14.3. The Morgan fingerprint density at radius 3 is 2.27 bits per heavy atom. The zero-order valence-corrected chi connectivity index (χ0v) is 17.8. The van der Waals surface area contributed by atoms with Crippen LogP contribution in [-0.4, -0.2) is 48.3 Å². The van der Waals surface area contributed by atoms with Crippen LogP contribution < -0.4 is 5.32 Å². The molecule has 3 atom stereocenters. The molecule has 3 amide bonds. The molecule has 1 N–H and O–H groups in total. The van der Waals surface area contributed by atoms with Crippen molar-refractivity contribution in [1.82, 2.24) is 10.2 Å². The molecule has 3 unspecified atom stereocenters. The quantitative estimate of drug-likeness (QED) is 0.547. The second kappa shape index (κ2) is 9.41. The van der Waals surface area contributed by atoms with Gasteiger partial charge in [0.15, 0.2) is 0 Å². The number of carbonyl (C=O) groups is 4. The maximum absolute atomic E-state index is 13.1. The lowest BCUT2D eigenvalue weighted by Crippen LogP contribution is -2.48. The topological polar surface area (TPSA) is 92.8 Å². The zero-order valence-electron chi connectivity index (χ0n) is 17.8. The predicted molar refractivity (Wildman–Crippen MR) is 111 cm³/mol. The van der Waals surface area contributed by atoms with Gasteiger partial charge in [-0.1, -0.05) is 38.8 Å². The Bertz CT molecular complexity index is 800. The lowest BCUT2D eigenvalue weighted by molar-refractivity contribution is -0.146. The summed E-state index contributed by atoms with van der Waals surface area (Å²) in [4.78, 5) is 51.9. The van der Waals surface area contributed by atoms with Gasteiger partial charge in [0.05, 0.1) is 18.2 Å². The van der Waals surface area contributed by atoms with Gasteiger partial charge in [0.2, 0.25) is 5.91 Å². The fourth-order valence-electron chi connectivity index (χ4n) is 4.52. The Morgan fingerprint density at radius 1 is 1.10 bits per heavy atom. The van der Waals surface area contributed by atoms with E-state index in [0.29, 0.717) is 24.0 Å². The van der Waals surface area contributed by atoms with Crippen LogP contribution in [0.15, 0.2) is 24.3 Å². The molecule has 0 saturated heterocycles. The van der Waals surface area contributed by atoms with E-state index in [1.54, 1.807) is 24.3 Å². The summed E-state index contributed by atoms with van der Waals surface area (Å²) in [5.74, 6) is -1.51. The molecule has 1 heterocycles. The van der Waals surface area contributed by atoms with Gasteiger partial charge in [-0.3, -0.25) is 19.3 Å². The van der Waals surface area contributed by atoms with Gasteiger partial charge in [-0.2, -0.15) is 0 Å². The average Bonchev–Trinajstić information content (AvgIpc) is 2.98. The Hall–Kier alpha value is -2.70. The first kappa shape index (κ1) is 22.0. The molecular weight excluding hydrogens is 384 g/mol. The van der Waals surface area contributed by atoms with Crippen LogP contribution in [0.1, 0.15) is 66.7 Å². The Kier molecular flexibility index (Phi) is 6.90. The van der Waals surface area contributed by atoms with Crippen LogP contribution in [0.2, 0.25) is 0 Å². The summed E-state index contributed by atoms with van der Waals surface area (Å²) in [7, 11) is 1.31. The van der Waals surface area contributed by atoms with Gasteiger partial charge in [0.1, 0.15) is 6.04 Å². The van der Waals surface area contributed by atoms with Gasteiger partial charge < -0.3 is 10.1 Å². The lowest BCUT2D eigenvalue weighted by Gasteiger charge is -2.33. The maximum Gasteiger partial charge on any atom is 0.328 e. The summed E-state index contributed by atoms with van der Waals surface area (Å²) in [6.45, 7) is 4.18. The SMILES string of the molecule is COC(=O)C(CC(C)C)NC(=O)C1CCCCC1CN1C(=O)c2ccccc2C1=O. The maximum atomic E-state index is 13.1. The van der Waals surface area contributed by atoms with Crippen LogP contribution in [0.5, 0.6) is 0 Å². The van der Waals surface area contributed by atoms with Gasteiger partial charge in [-0.05, 0) is 43.2 Å². The number of rotatable bonds is 7. The van der Waals surface area contributed by atoms with E-state index in [1.165, 1.54) is 12.0 Å². The van der Waals surface area contributed by atoms with Crippen molar-refractivity contribution in [2.45, 2.75) is 52.0 Å². The second-order valence-electron chi connectivity index (χ2n) is 8.63. The fraction of sp³-hybridized carbons (Fsp3) is 0.565. The van der Waals surface area contributed by atoms with Crippen LogP contribution in [0.3, 0.4) is 0 Å². The van der Waals surface area contributed by atoms with Gasteiger partial charge in [0.25, 0.3) is 11.8 Å². The number of nitrogens with one attached hydrogen (secondary N) is 1. The molecule has 1 saturated carbocycles. The lowest BCUT2D eigenvalue weighted by atomic mass is 9.78. The molecule has 3 rings (SSSR count). The van der Waals surface area contributed by atoms with Gasteiger partial charge in [-0.15, -0.1) is 0 Å². The average molecular weight is 415 g/mol. The molecule has 0 bridgehead atoms. The van der Waals surface area contributed by atoms with E-state index in [4.69, 9.17) is 4.74 Å². The number of esters is 1. The van der Waals surface area contributed by atoms with Crippen molar-refractivity contribution in [2.24, 2.45) is 17.8 Å². The summed E-state index contributed by atoms with van der Waals surface area (Å²) in [5.41, 5.74) is 0.837. The molecule has 7 heteroatoms. The summed E-state index contributed by atoms with van der Waals surface area (Å²) >= 11 is 0. The molecule has 30 heavy (non-hydrogen) atoms. The minimum Gasteiger partial charge on any atom is -0.467 e. The van der Waals surface area contributed by atoms with Crippen molar-refractivity contribution in [1.29, 1.82) is 0 Å². The Morgan fingerprint density at radius 2 is 1.70 bits per heavy atom. The standard InChI is InChI=1S/C23H30N2O5/c1-14(2)12-19(23(29)30-3)24-20(26)16-9-5-4-8-15(16)13-25-21(27)17-10-6-7-11-18(17)22(25)28/h6-7,10-11,14-16,19H,4-5,8-9,12-13H2,1-3H3,(H,24,26). The number of nitrogens with zero attached hydrogens (tertiary/aromatic N) is 1. The van der Waals surface area contributed by atoms with Gasteiger partial charge in [-0.25, -0.2) is 4.79 Å². The summed E-state index contributed by atoms with van der Waals surface area (Å²) in [6, 6.07) is 6.11. The highest BCUT2D eigenvalue weighted by molar-refractivity contribution is 6.21. The van der Waals surface area contributed by atoms with E-state index in [2.05, 4.69) is 5.32 Å². The molecule has 1 aromatic carbocycles. The molecule has 1 aromatic rings. The van der Waals surface area contributed by atoms with Crippen molar-refractivity contribution in [2.75, 3.05) is 13.7 Å². The first-order valence-corrected chi connectivity index (χ1v) is 10.7. The molecule has 0 spiro atoms. The van der Waals surface area contributed by atoms with Crippen LogP contribution in [0, 0.1) is 17.8 Å². The van der Waals surface area contributed by atoms with E-state index < -0.39 is 12.0 Å². The number of benzene rings is 1. The largest absolute Gasteiger partial charge is 0.467 e. The minimum atomic E-state index is -0.690. The number of ether oxygens (including phenoxy) is 1. The van der Waals surface area contributed by atoms with E-state index in [0.717, 1.165) is 19.3 Å². The zero-order chi connectivity index (χ0) is 21.8. The van der Waals surface area contributed by atoms with Crippen LogP contribution in [0.25, 0.3) is 0 Å². The van der Waals surface area contributed by atoms with Gasteiger partial charge >= 0.3 is 5.97 Å². The normalized spacial score (nSPS) is 22.1. The summed E-state index contributed by atoms with van der Waals surface area (Å²) in [6.07, 6.45) is 3.79. The summed E-state index contributed by atoms with van der Waals surface area (Å²) in [5, 5.41) is 2.86. The first-order valence-electron chi connectivity index (χ1n) is 10.7. The third-order valence-electron chi connectivity index (χ3n) is 6.05. The van der Waals surface area contributed by atoms with E-state index in [1.807, 2.05) is 13.8 Å². The van der Waals surface area contributed by atoms with Crippen molar-refractivity contribution < 1.29 is 23.9 Å². The minimum absolute atomic E-state index is 0.127. The third kappa shape index (κ3) is 4.55. The number of imide groups is 1. The van der Waals surface area contributed by atoms with Gasteiger partial charge in [0, 0.05) is 12.5 Å². The van der Waals surface area contributed by atoms with E-state index in [9.17, 15) is 19.2 Å². The monoisotopic (exact) mass is 414 g/mol. The number of fused-ring (bicyclic) bond motifs is 1. The molecule has 1 aliphatic carbocycles. The van der Waals surface area contributed by atoms with Crippen molar-refractivity contribution in [3.8, 4) is 0 Å². The highest BCUT2D eigenvalue weighted by Crippen LogP contribution is 2.33. The Balaban J connectivity index is 1.72. The highest BCUT2D eigenvalue weighted by Gasteiger charge is 2.40. The second-order valence-corrected chi connectivity index (χ2v) is 8.63. The molecule has 2 aliphatic rings. The van der Waals surface area contributed by atoms with Crippen molar-refractivity contribution >= 4 is 23.7 Å². The molecule has 1 aliphatic heterocycles. The molecule has 0 radical (unpaired) electrons. The van der Waals surface area contributed by atoms with Crippen molar-refractivity contribution in [3.05, 3.63) is 35.4 Å². The number of amides is 3. The van der Waals surface area contributed by atoms with E-state index in [-0.39, 0.29) is 42.0 Å². The fourth-order valence-corrected chi connectivity index (χ4v) is 4.52. The van der Waals surface area contributed by atoms with Crippen LogP contribution >= 0.6 is 0 Å². The molecule has 0 aromatic heterocycles. The van der Waals surface area contributed by atoms with Crippen LogP contribution in [-0.2, 0) is 14.3 Å². The molecular formula is C23H30N2O5. The van der Waals surface area contributed by atoms with E-state index >= 15 is 0 Å². The smallest absolute Gasteiger partial charge is 0.328 e. The highest BCUT2D eigenvalue weighted by atomic mass is 16.5. The number of hydrogen-bond acceptors (Lipinski definition) is 5. The number of methoxy groups -OCH3 is 1. The number of carbonyl (C=O) groups excluding carboxylic acids is 4. The number of hydrogen-bond donors (Lipinski definition) is 1. The molecule has 7 nitrogen and oxygen atoms in total. The Labute approximate surface area is 177 Å². The molecule has 162 valence electrons. The van der Waals surface area contributed by atoms with Crippen LogP contribution in [0.4, 0.5) is 0 Å². The third-order valence-corrected chi connectivity index (χ3v) is 6.05.